The molecular formula is C25H29N3O2. The van der Waals surface area contributed by atoms with Crippen LogP contribution in [-0.2, 0) is 16.0 Å². The molecule has 0 saturated carbocycles. The zero-order valence-corrected chi connectivity index (χ0v) is 17.3. The van der Waals surface area contributed by atoms with Gasteiger partial charge in [0.1, 0.15) is 0 Å². The summed E-state index contributed by atoms with van der Waals surface area (Å²) in [6.45, 7) is 4.87. The van der Waals surface area contributed by atoms with Crippen LogP contribution in [0.4, 0.5) is 0 Å². The molecule has 2 aromatic rings. The van der Waals surface area contributed by atoms with Gasteiger partial charge in [-0.1, -0.05) is 72.8 Å². The summed E-state index contributed by atoms with van der Waals surface area (Å²) in [7, 11) is 0. The van der Waals surface area contributed by atoms with Gasteiger partial charge in [0.25, 0.3) is 0 Å². The van der Waals surface area contributed by atoms with Crippen LogP contribution in [0, 0.1) is 0 Å². The summed E-state index contributed by atoms with van der Waals surface area (Å²) >= 11 is 0. The molecule has 0 spiro atoms. The van der Waals surface area contributed by atoms with Crippen LogP contribution < -0.4 is 0 Å². The molecule has 156 valence electrons. The quantitative estimate of drug-likeness (QED) is 0.667. The third-order valence-corrected chi connectivity index (χ3v) is 6.01. The predicted molar refractivity (Wildman–Crippen MR) is 119 cm³/mol. The number of carbonyl (C=O) groups is 2. The molecule has 1 atom stereocenters. The first-order chi connectivity index (χ1) is 14.7. The molecule has 2 fully saturated rings. The highest BCUT2D eigenvalue weighted by Crippen LogP contribution is 2.21. The van der Waals surface area contributed by atoms with Gasteiger partial charge >= 0.3 is 0 Å². The lowest BCUT2D eigenvalue weighted by atomic mass is 10.1. The van der Waals surface area contributed by atoms with Gasteiger partial charge in [-0.3, -0.25) is 24.3 Å². The molecule has 5 heteroatoms. The summed E-state index contributed by atoms with van der Waals surface area (Å²) in [5.41, 5.74) is 2.36. The largest absolute Gasteiger partial charge is 0.297 e. The smallest absolute Gasteiger partial charge is 0.247 e. The minimum absolute atomic E-state index is 0.0200. The van der Waals surface area contributed by atoms with Crippen molar-refractivity contribution in [1.82, 2.24) is 14.7 Å². The SMILES string of the molecule is O=C1C[C@H](N2CCN(C/C=C\c3ccccc3)CC2)C(=O)N1CCc1ccccc1. The predicted octanol–water partition coefficient (Wildman–Crippen LogP) is 2.69. The van der Waals surface area contributed by atoms with Crippen molar-refractivity contribution < 1.29 is 9.59 Å². The lowest BCUT2D eigenvalue weighted by Crippen LogP contribution is -2.52. The minimum atomic E-state index is -0.282. The molecule has 0 N–H and O–H groups in total. The van der Waals surface area contributed by atoms with Gasteiger partial charge in [-0.2, -0.15) is 0 Å². The monoisotopic (exact) mass is 403 g/mol. The van der Waals surface area contributed by atoms with Crippen molar-refractivity contribution in [2.24, 2.45) is 0 Å². The molecule has 2 amide bonds. The lowest BCUT2D eigenvalue weighted by Gasteiger charge is -2.36. The summed E-state index contributed by atoms with van der Waals surface area (Å²) < 4.78 is 0. The first-order valence-electron chi connectivity index (χ1n) is 10.8. The van der Waals surface area contributed by atoms with E-state index in [9.17, 15) is 9.59 Å². The van der Waals surface area contributed by atoms with E-state index in [4.69, 9.17) is 0 Å². The molecule has 30 heavy (non-hydrogen) atoms. The van der Waals surface area contributed by atoms with Crippen LogP contribution in [0.2, 0.25) is 0 Å². The summed E-state index contributed by atoms with van der Waals surface area (Å²) in [4.78, 5) is 31.4. The second-order valence-electron chi connectivity index (χ2n) is 7.99. The Morgan fingerprint density at radius 2 is 1.53 bits per heavy atom. The van der Waals surface area contributed by atoms with Crippen LogP contribution in [0.5, 0.6) is 0 Å². The number of hydrogen-bond donors (Lipinski definition) is 0. The summed E-state index contributed by atoms with van der Waals surface area (Å²) in [6.07, 6.45) is 5.38. The molecular weight excluding hydrogens is 374 g/mol. The molecule has 2 aliphatic heterocycles. The Morgan fingerprint density at radius 3 is 2.23 bits per heavy atom. The van der Waals surface area contributed by atoms with Crippen LogP contribution in [0.15, 0.2) is 66.7 Å². The van der Waals surface area contributed by atoms with Crippen molar-refractivity contribution in [3.05, 3.63) is 77.9 Å². The van der Waals surface area contributed by atoms with Gasteiger partial charge in [0.15, 0.2) is 0 Å². The molecule has 2 aliphatic rings. The molecule has 4 rings (SSSR count). The number of benzene rings is 2. The van der Waals surface area contributed by atoms with Crippen LogP contribution >= 0.6 is 0 Å². The Balaban J connectivity index is 1.25. The maximum Gasteiger partial charge on any atom is 0.247 e. The summed E-state index contributed by atoms with van der Waals surface area (Å²) in [6, 6.07) is 20.0. The first-order valence-corrected chi connectivity index (χ1v) is 10.8. The second kappa shape index (κ2) is 9.83. The van der Waals surface area contributed by atoms with Crippen LogP contribution in [-0.4, -0.2) is 71.8 Å². The first kappa shape index (κ1) is 20.5. The zero-order valence-electron chi connectivity index (χ0n) is 17.3. The highest BCUT2D eigenvalue weighted by molar-refractivity contribution is 6.05. The average Bonchev–Trinajstić information content (AvgIpc) is 3.07. The van der Waals surface area contributed by atoms with E-state index in [1.165, 1.54) is 10.5 Å². The number of amides is 2. The molecule has 0 unspecified atom stereocenters. The van der Waals surface area contributed by atoms with Crippen molar-refractivity contribution in [1.29, 1.82) is 0 Å². The number of carbonyl (C=O) groups excluding carboxylic acids is 2. The molecule has 0 aromatic heterocycles. The molecule has 5 nitrogen and oxygen atoms in total. The van der Waals surface area contributed by atoms with E-state index in [1.807, 2.05) is 48.5 Å². The Bertz CT molecular complexity index is 874. The average molecular weight is 404 g/mol. The second-order valence-corrected chi connectivity index (χ2v) is 7.99. The van der Waals surface area contributed by atoms with E-state index in [-0.39, 0.29) is 17.9 Å². The van der Waals surface area contributed by atoms with Gasteiger partial charge in [-0.25, -0.2) is 0 Å². The van der Waals surface area contributed by atoms with E-state index in [2.05, 4.69) is 34.1 Å². The van der Waals surface area contributed by atoms with Crippen LogP contribution in [0.25, 0.3) is 6.08 Å². The fourth-order valence-electron chi connectivity index (χ4n) is 4.23. The molecule has 2 saturated heterocycles. The van der Waals surface area contributed by atoms with Crippen LogP contribution in [0.1, 0.15) is 17.5 Å². The van der Waals surface area contributed by atoms with Crippen LogP contribution in [0.3, 0.4) is 0 Å². The van der Waals surface area contributed by atoms with E-state index in [0.29, 0.717) is 19.4 Å². The fourth-order valence-corrected chi connectivity index (χ4v) is 4.23. The van der Waals surface area contributed by atoms with Gasteiger partial charge in [0.05, 0.1) is 12.5 Å². The molecule has 2 aromatic carbocycles. The van der Waals surface area contributed by atoms with Crippen molar-refractivity contribution >= 4 is 17.9 Å². The van der Waals surface area contributed by atoms with E-state index in [0.717, 1.165) is 38.3 Å². The van der Waals surface area contributed by atoms with Crippen molar-refractivity contribution in [2.45, 2.75) is 18.9 Å². The Labute approximate surface area is 178 Å². The van der Waals surface area contributed by atoms with Crippen molar-refractivity contribution in [3.8, 4) is 0 Å². The maximum absolute atomic E-state index is 12.9. The standard InChI is InChI=1S/C25H29N3O2/c29-24-20-23(25(30)28(24)15-13-22-10-5-2-6-11-22)27-18-16-26(17-19-27)14-7-12-21-8-3-1-4-9-21/h1-12,23H,13-20H2/b12-7-/t23-/m0/s1. The van der Waals surface area contributed by atoms with E-state index < -0.39 is 0 Å². The third kappa shape index (κ3) is 5.04. The molecule has 0 radical (unpaired) electrons. The highest BCUT2D eigenvalue weighted by atomic mass is 16.2. The Kier molecular flexibility index (Phi) is 6.72. The summed E-state index contributed by atoms with van der Waals surface area (Å²) in [5.74, 6) is -0.0532. The Morgan fingerprint density at radius 1 is 0.867 bits per heavy atom. The highest BCUT2D eigenvalue weighted by Gasteiger charge is 2.42. The molecule has 0 aliphatic carbocycles. The summed E-state index contributed by atoms with van der Waals surface area (Å²) in [5, 5.41) is 0. The zero-order chi connectivity index (χ0) is 20.8. The molecule has 2 heterocycles. The van der Waals surface area contributed by atoms with E-state index >= 15 is 0 Å². The maximum atomic E-state index is 12.9. The third-order valence-electron chi connectivity index (χ3n) is 6.01. The molecule has 0 bridgehead atoms. The lowest BCUT2D eigenvalue weighted by molar-refractivity contribution is -0.139. The topological polar surface area (TPSA) is 43.9 Å². The van der Waals surface area contributed by atoms with Gasteiger partial charge in [-0.05, 0) is 17.5 Å². The van der Waals surface area contributed by atoms with Gasteiger partial charge in [-0.15, -0.1) is 0 Å². The Hall–Kier alpha value is -2.76. The minimum Gasteiger partial charge on any atom is -0.297 e. The van der Waals surface area contributed by atoms with Gasteiger partial charge in [0.2, 0.25) is 11.8 Å². The van der Waals surface area contributed by atoms with Gasteiger partial charge in [0, 0.05) is 39.3 Å². The number of nitrogens with zero attached hydrogens (tertiary/aromatic N) is 3. The number of imide groups is 1. The van der Waals surface area contributed by atoms with Crippen molar-refractivity contribution in [2.75, 3.05) is 39.3 Å². The number of hydrogen-bond acceptors (Lipinski definition) is 4. The normalized spacial score (nSPS) is 21.1. The number of rotatable bonds is 7. The van der Waals surface area contributed by atoms with E-state index in [1.54, 1.807) is 0 Å². The van der Waals surface area contributed by atoms with Crippen molar-refractivity contribution in [3.63, 3.8) is 0 Å². The fraction of sp³-hybridized carbons (Fsp3) is 0.360. The van der Waals surface area contributed by atoms with Gasteiger partial charge < -0.3 is 0 Å². The number of piperazine rings is 1. The number of likely N-dealkylation sites (tertiary alicyclic amines) is 1.